The number of thiophene rings is 1. The van der Waals surface area contributed by atoms with Gasteiger partial charge in [-0.3, -0.25) is 0 Å². The van der Waals surface area contributed by atoms with Crippen molar-refractivity contribution in [3.8, 4) is 0 Å². The summed E-state index contributed by atoms with van der Waals surface area (Å²) in [6, 6.07) is 2.82. The van der Waals surface area contributed by atoms with Crippen molar-refractivity contribution in [3.05, 3.63) is 34.8 Å². The summed E-state index contributed by atoms with van der Waals surface area (Å²) in [6.45, 7) is 0.915. The molecule has 3 rings (SSSR count). The average molecular weight is 219 g/mol. The van der Waals surface area contributed by atoms with E-state index in [2.05, 4.69) is 31.7 Å². The molecule has 4 heteroatoms. The van der Waals surface area contributed by atoms with Crippen LogP contribution in [0.2, 0.25) is 0 Å². The van der Waals surface area contributed by atoms with Gasteiger partial charge in [-0.25, -0.2) is 4.98 Å². The van der Waals surface area contributed by atoms with Crippen molar-refractivity contribution in [1.29, 1.82) is 0 Å². The van der Waals surface area contributed by atoms with Crippen LogP contribution in [0.5, 0.6) is 0 Å². The molecule has 0 spiro atoms. The van der Waals surface area contributed by atoms with Gasteiger partial charge in [0.1, 0.15) is 0 Å². The van der Waals surface area contributed by atoms with E-state index in [1.807, 2.05) is 12.4 Å². The molecule has 1 saturated carbocycles. The number of nitrogens with one attached hydrogen (secondary N) is 1. The molecule has 0 saturated heterocycles. The van der Waals surface area contributed by atoms with Gasteiger partial charge in [-0.05, 0) is 35.2 Å². The quantitative estimate of drug-likeness (QED) is 0.856. The summed E-state index contributed by atoms with van der Waals surface area (Å²) < 4.78 is 2.17. The van der Waals surface area contributed by atoms with Crippen molar-refractivity contribution >= 4 is 17.3 Å². The molecule has 3 nitrogen and oxygen atoms in total. The first kappa shape index (κ1) is 8.97. The van der Waals surface area contributed by atoms with Crippen LogP contribution in [-0.4, -0.2) is 15.6 Å². The molecule has 1 N–H and O–H groups in total. The molecule has 0 radical (unpaired) electrons. The Hall–Kier alpha value is -1.29. The fourth-order valence-corrected chi connectivity index (χ4v) is 2.23. The van der Waals surface area contributed by atoms with Crippen LogP contribution in [-0.2, 0) is 6.54 Å². The van der Waals surface area contributed by atoms with Crippen LogP contribution in [0.25, 0.3) is 0 Å². The van der Waals surface area contributed by atoms with Crippen molar-refractivity contribution in [3.63, 3.8) is 0 Å². The van der Waals surface area contributed by atoms with Crippen LogP contribution >= 0.6 is 11.3 Å². The maximum absolute atomic E-state index is 4.33. The Morgan fingerprint density at radius 1 is 1.53 bits per heavy atom. The van der Waals surface area contributed by atoms with Gasteiger partial charge in [0.2, 0.25) is 5.95 Å². The lowest BCUT2D eigenvalue weighted by Crippen LogP contribution is -2.09. The largest absolute Gasteiger partial charge is 0.353 e. The van der Waals surface area contributed by atoms with E-state index in [1.54, 1.807) is 11.3 Å². The van der Waals surface area contributed by atoms with E-state index >= 15 is 0 Å². The Balaban J connectivity index is 1.75. The summed E-state index contributed by atoms with van der Waals surface area (Å²) >= 11 is 1.74. The van der Waals surface area contributed by atoms with E-state index in [-0.39, 0.29) is 0 Å². The molecule has 78 valence electrons. The van der Waals surface area contributed by atoms with Crippen molar-refractivity contribution in [2.75, 3.05) is 5.32 Å². The smallest absolute Gasteiger partial charge is 0.203 e. The zero-order chi connectivity index (χ0) is 10.1. The summed E-state index contributed by atoms with van der Waals surface area (Å²) in [5, 5.41) is 7.72. The number of rotatable bonds is 4. The number of imidazole rings is 1. The van der Waals surface area contributed by atoms with Gasteiger partial charge in [0.25, 0.3) is 0 Å². The van der Waals surface area contributed by atoms with E-state index < -0.39 is 0 Å². The number of anilines is 1. The monoisotopic (exact) mass is 219 g/mol. The molecule has 1 fully saturated rings. The van der Waals surface area contributed by atoms with E-state index in [1.165, 1.54) is 18.4 Å². The van der Waals surface area contributed by atoms with Crippen LogP contribution < -0.4 is 5.32 Å². The SMILES string of the molecule is c1cn(Cc2ccsc2)c(NC2CC2)n1. The normalized spacial score (nSPS) is 15.5. The summed E-state index contributed by atoms with van der Waals surface area (Å²) in [5.41, 5.74) is 1.34. The van der Waals surface area contributed by atoms with Crippen molar-refractivity contribution in [2.24, 2.45) is 0 Å². The number of hydrogen-bond acceptors (Lipinski definition) is 3. The average Bonchev–Trinajstić information content (AvgIpc) is 2.75. The lowest BCUT2D eigenvalue weighted by Gasteiger charge is -2.07. The lowest BCUT2D eigenvalue weighted by molar-refractivity contribution is 0.799. The predicted octanol–water partition coefficient (Wildman–Crippen LogP) is 2.57. The third-order valence-corrected chi connectivity index (χ3v) is 3.29. The van der Waals surface area contributed by atoms with Crippen LogP contribution in [0.3, 0.4) is 0 Å². The van der Waals surface area contributed by atoms with E-state index in [0.29, 0.717) is 6.04 Å². The molecule has 15 heavy (non-hydrogen) atoms. The summed E-state index contributed by atoms with van der Waals surface area (Å²) in [7, 11) is 0. The van der Waals surface area contributed by atoms with Gasteiger partial charge in [0.05, 0.1) is 6.54 Å². The van der Waals surface area contributed by atoms with Crippen molar-refractivity contribution < 1.29 is 0 Å². The lowest BCUT2D eigenvalue weighted by atomic mass is 10.3. The zero-order valence-electron chi connectivity index (χ0n) is 8.39. The van der Waals surface area contributed by atoms with Gasteiger partial charge in [0, 0.05) is 18.4 Å². The third-order valence-electron chi connectivity index (χ3n) is 2.56. The fourth-order valence-electron chi connectivity index (χ4n) is 1.57. The van der Waals surface area contributed by atoms with Crippen LogP contribution in [0.15, 0.2) is 29.2 Å². The minimum atomic E-state index is 0.661. The number of nitrogens with zero attached hydrogens (tertiary/aromatic N) is 2. The van der Waals surface area contributed by atoms with Crippen LogP contribution in [0, 0.1) is 0 Å². The molecule has 1 aliphatic carbocycles. The van der Waals surface area contributed by atoms with Gasteiger partial charge in [-0.2, -0.15) is 11.3 Å². The number of hydrogen-bond donors (Lipinski definition) is 1. The molecule has 0 bridgehead atoms. The van der Waals surface area contributed by atoms with E-state index in [0.717, 1.165) is 12.5 Å². The van der Waals surface area contributed by atoms with Crippen LogP contribution in [0.1, 0.15) is 18.4 Å². The fraction of sp³-hybridized carbons (Fsp3) is 0.364. The highest BCUT2D eigenvalue weighted by atomic mass is 32.1. The standard InChI is InChI=1S/C11H13N3S/c1-2-10(1)13-11-12-4-5-14(11)7-9-3-6-15-8-9/h3-6,8,10H,1-2,7H2,(H,12,13). The molecule has 0 unspecified atom stereocenters. The zero-order valence-corrected chi connectivity index (χ0v) is 9.20. The Morgan fingerprint density at radius 2 is 2.47 bits per heavy atom. The highest BCUT2D eigenvalue weighted by Gasteiger charge is 2.22. The highest BCUT2D eigenvalue weighted by Crippen LogP contribution is 2.24. The second-order valence-electron chi connectivity index (χ2n) is 3.93. The minimum Gasteiger partial charge on any atom is -0.353 e. The molecule has 2 heterocycles. The Bertz CT molecular complexity index is 428. The Labute approximate surface area is 92.8 Å². The minimum absolute atomic E-state index is 0.661. The maximum atomic E-state index is 4.33. The Morgan fingerprint density at radius 3 is 3.20 bits per heavy atom. The molecular weight excluding hydrogens is 206 g/mol. The van der Waals surface area contributed by atoms with Gasteiger partial charge >= 0.3 is 0 Å². The molecule has 2 aromatic rings. The third kappa shape index (κ3) is 2.04. The first-order valence-electron chi connectivity index (χ1n) is 5.20. The molecule has 1 aliphatic rings. The number of aromatic nitrogens is 2. The van der Waals surface area contributed by atoms with Gasteiger partial charge in [-0.1, -0.05) is 0 Å². The van der Waals surface area contributed by atoms with Crippen molar-refractivity contribution in [2.45, 2.75) is 25.4 Å². The van der Waals surface area contributed by atoms with E-state index in [4.69, 9.17) is 0 Å². The molecule has 0 atom stereocenters. The predicted molar refractivity (Wildman–Crippen MR) is 62.3 cm³/mol. The van der Waals surface area contributed by atoms with Gasteiger partial charge < -0.3 is 9.88 Å². The second-order valence-corrected chi connectivity index (χ2v) is 4.71. The summed E-state index contributed by atoms with van der Waals surface area (Å²) in [5.74, 6) is 1.00. The molecule has 2 aromatic heterocycles. The molecular formula is C11H13N3S. The van der Waals surface area contributed by atoms with Crippen LogP contribution in [0.4, 0.5) is 5.95 Å². The highest BCUT2D eigenvalue weighted by molar-refractivity contribution is 7.07. The summed E-state index contributed by atoms with van der Waals surface area (Å²) in [6.07, 6.45) is 6.45. The first-order valence-corrected chi connectivity index (χ1v) is 6.15. The summed E-state index contributed by atoms with van der Waals surface area (Å²) in [4.78, 5) is 4.33. The van der Waals surface area contributed by atoms with E-state index in [9.17, 15) is 0 Å². The second kappa shape index (κ2) is 3.70. The molecule has 0 amide bonds. The molecule has 0 aromatic carbocycles. The molecule has 0 aliphatic heterocycles. The van der Waals surface area contributed by atoms with Gasteiger partial charge in [-0.15, -0.1) is 0 Å². The maximum Gasteiger partial charge on any atom is 0.203 e. The van der Waals surface area contributed by atoms with Crippen molar-refractivity contribution in [1.82, 2.24) is 9.55 Å². The Kier molecular flexibility index (Phi) is 2.21. The topological polar surface area (TPSA) is 29.9 Å². The van der Waals surface area contributed by atoms with Gasteiger partial charge in [0.15, 0.2) is 0 Å². The first-order chi connectivity index (χ1) is 7.42.